The van der Waals surface area contributed by atoms with Crippen LogP contribution in [-0.2, 0) is 22.9 Å². The summed E-state index contributed by atoms with van der Waals surface area (Å²) in [6.07, 6.45) is 1.40. The van der Waals surface area contributed by atoms with Gasteiger partial charge in [0.15, 0.2) is 6.29 Å². The number of aliphatic hydroxyl groups excluding tert-OH is 1. The molecule has 1 saturated carbocycles. The number of thiophene rings is 1. The number of aliphatic hydroxyl groups is 2. The van der Waals surface area contributed by atoms with E-state index in [4.69, 9.17) is 10.2 Å². The van der Waals surface area contributed by atoms with Crippen LogP contribution in [0.3, 0.4) is 0 Å². The molecule has 0 radical (unpaired) electrons. The normalized spacial score (nSPS) is 13.3. The van der Waals surface area contributed by atoms with Crippen molar-refractivity contribution in [2.75, 3.05) is 0 Å². The minimum absolute atomic E-state index is 0.123. The van der Waals surface area contributed by atoms with Crippen molar-refractivity contribution >= 4 is 32.7 Å². The second-order valence-electron chi connectivity index (χ2n) is 10.9. The Bertz CT molecular complexity index is 2050. The Morgan fingerprint density at radius 2 is 1.93 bits per heavy atom. The summed E-state index contributed by atoms with van der Waals surface area (Å²) >= 11 is 2.95. The highest BCUT2D eigenvalue weighted by Gasteiger charge is 2.29. The number of sulfonamides is 1. The molecule has 1 fully saturated rings. The molecule has 1 aliphatic carbocycles. The lowest BCUT2D eigenvalue weighted by atomic mass is 9.96. The maximum absolute atomic E-state index is 14.9. The van der Waals surface area contributed by atoms with E-state index in [2.05, 4.69) is 36.7 Å². The van der Waals surface area contributed by atoms with Gasteiger partial charge in [-0.15, -0.1) is 22.7 Å². The monoisotopic (exact) mass is 648 g/mol. The zero-order chi connectivity index (χ0) is 31.2. The van der Waals surface area contributed by atoms with Gasteiger partial charge in [0.05, 0.1) is 11.4 Å². The molecule has 0 spiro atoms. The molecule has 44 heavy (non-hydrogen) atoms. The van der Waals surface area contributed by atoms with Crippen LogP contribution in [0.5, 0.6) is 0 Å². The Kier molecular flexibility index (Phi) is 8.27. The van der Waals surface area contributed by atoms with Crippen LogP contribution in [0.4, 0.5) is 4.39 Å². The molecule has 0 bridgehead atoms. The topological polar surface area (TPSA) is 131 Å². The number of hydrogen-bond acceptors (Lipinski definition) is 8. The van der Waals surface area contributed by atoms with Gasteiger partial charge in [0, 0.05) is 43.8 Å². The maximum Gasteiger partial charge on any atom is 0.240 e. The zero-order valence-corrected chi connectivity index (χ0v) is 26.4. The fourth-order valence-corrected chi connectivity index (χ4v) is 7.36. The van der Waals surface area contributed by atoms with Crippen molar-refractivity contribution in [2.24, 2.45) is 11.1 Å². The Hall–Kier alpha value is -3.70. The van der Waals surface area contributed by atoms with E-state index in [1.807, 2.05) is 24.3 Å². The standard InChI is InChI=1S/C32H29FN4O4S3/c1-18-12-23(19(2)43-18)10-8-20-4-3-5-24(13-20)30-25(14-22-9-11-29(26(33)15-22)44(34,40)41)28(16-21-6-7-21)37(36-30)32-35-27(17-42-32)31(38)39/h3-5,9,11-13,15,17,21,31,38-39H,6-7,14,16H2,1-2H3,(H2,34,40,41). The number of halogens is 1. The van der Waals surface area contributed by atoms with Gasteiger partial charge in [0.25, 0.3) is 0 Å². The van der Waals surface area contributed by atoms with Crippen molar-refractivity contribution in [2.45, 2.75) is 50.7 Å². The predicted octanol–water partition coefficient (Wildman–Crippen LogP) is 5.39. The molecule has 3 heterocycles. The van der Waals surface area contributed by atoms with Gasteiger partial charge in [-0.2, -0.15) is 5.10 Å². The minimum atomic E-state index is -4.21. The molecule has 2 aromatic carbocycles. The van der Waals surface area contributed by atoms with Crippen molar-refractivity contribution in [3.63, 3.8) is 0 Å². The highest BCUT2D eigenvalue weighted by Crippen LogP contribution is 2.38. The average Bonchev–Trinajstić information content (AvgIpc) is 3.36. The van der Waals surface area contributed by atoms with E-state index in [1.165, 1.54) is 28.3 Å². The number of benzene rings is 2. The van der Waals surface area contributed by atoms with Crippen molar-refractivity contribution in [3.8, 4) is 28.2 Å². The van der Waals surface area contributed by atoms with E-state index < -0.39 is 27.0 Å². The van der Waals surface area contributed by atoms with Crippen molar-refractivity contribution in [1.82, 2.24) is 14.8 Å². The van der Waals surface area contributed by atoms with Crippen LogP contribution in [0.2, 0.25) is 0 Å². The molecule has 226 valence electrons. The van der Waals surface area contributed by atoms with Gasteiger partial charge < -0.3 is 10.2 Å². The van der Waals surface area contributed by atoms with Crippen molar-refractivity contribution in [3.05, 3.63) is 103 Å². The first kappa shape index (κ1) is 30.3. The van der Waals surface area contributed by atoms with Gasteiger partial charge in [-0.1, -0.05) is 30.0 Å². The van der Waals surface area contributed by atoms with Crippen LogP contribution >= 0.6 is 22.7 Å². The van der Waals surface area contributed by atoms with Crippen LogP contribution in [0.15, 0.2) is 58.8 Å². The summed E-state index contributed by atoms with van der Waals surface area (Å²) in [5, 5.41) is 31.6. The fourth-order valence-electron chi connectivity index (χ4n) is 5.09. The Morgan fingerprint density at radius 1 is 1.14 bits per heavy atom. The molecule has 3 aromatic heterocycles. The molecule has 0 saturated heterocycles. The second-order valence-corrected chi connectivity index (χ2v) is 14.7. The average molecular weight is 649 g/mol. The molecule has 0 atom stereocenters. The third-order valence-corrected chi connectivity index (χ3v) is 10.2. The van der Waals surface area contributed by atoms with Crippen LogP contribution in [0.1, 0.15) is 62.5 Å². The first-order valence-corrected chi connectivity index (χ1v) is 17.1. The van der Waals surface area contributed by atoms with Crippen molar-refractivity contribution in [1.29, 1.82) is 0 Å². The van der Waals surface area contributed by atoms with Gasteiger partial charge in [0.1, 0.15) is 16.4 Å². The Morgan fingerprint density at radius 3 is 2.57 bits per heavy atom. The third-order valence-electron chi connectivity index (χ3n) is 7.43. The molecule has 0 unspecified atom stereocenters. The fraction of sp³-hybridized carbons (Fsp3) is 0.250. The van der Waals surface area contributed by atoms with Gasteiger partial charge in [0.2, 0.25) is 15.2 Å². The summed E-state index contributed by atoms with van der Waals surface area (Å²) in [6.45, 7) is 4.11. The number of aryl methyl sites for hydroxylation is 2. The summed E-state index contributed by atoms with van der Waals surface area (Å²) in [4.78, 5) is 6.23. The number of rotatable bonds is 8. The lowest BCUT2D eigenvalue weighted by Gasteiger charge is -2.10. The third kappa shape index (κ3) is 6.53. The summed E-state index contributed by atoms with van der Waals surface area (Å²) in [6, 6.07) is 13.8. The molecular weight excluding hydrogens is 620 g/mol. The molecule has 0 aliphatic heterocycles. The lowest BCUT2D eigenvalue weighted by molar-refractivity contribution is -0.0454. The number of hydrogen-bond donors (Lipinski definition) is 3. The van der Waals surface area contributed by atoms with E-state index in [9.17, 15) is 23.0 Å². The van der Waals surface area contributed by atoms with Crippen LogP contribution in [0.25, 0.3) is 16.4 Å². The Balaban J connectivity index is 1.49. The molecule has 1 aliphatic rings. The van der Waals surface area contributed by atoms with Crippen molar-refractivity contribution < 1.29 is 23.0 Å². The quantitative estimate of drug-likeness (QED) is 0.153. The van der Waals surface area contributed by atoms with Gasteiger partial charge in [-0.05, 0) is 74.9 Å². The molecule has 12 heteroatoms. The SMILES string of the molecule is Cc1cc(C#Cc2cccc(-c3nn(-c4nc(C(O)O)cs4)c(CC4CC4)c3Cc3ccc(S(N)(=O)=O)c(F)c3)c2)c(C)s1. The first-order valence-electron chi connectivity index (χ1n) is 13.9. The van der Waals surface area contributed by atoms with E-state index in [0.717, 1.165) is 45.7 Å². The molecule has 8 nitrogen and oxygen atoms in total. The van der Waals surface area contributed by atoms with E-state index in [0.29, 0.717) is 28.7 Å². The van der Waals surface area contributed by atoms with Gasteiger partial charge in [-0.3, -0.25) is 0 Å². The van der Waals surface area contributed by atoms with Crippen LogP contribution in [0, 0.1) is 37.4 Å². The summed E-state index contributed by atoms with van der Waals surface area (Å²) in [7, 11) is -4.21. The lowest BCUT2D eigenvalue weighted by Crippen LogP contribution is -2.14. The van der Waals surface area contributed by atoms with E-state index in [1.54, 1.807) is 27.5 Å². The summed E-state index contributed by atoms with van der Waals surface area (Å²) in [5.41, 5.74) is 5.66. The molecule has 6 rings (SSSR count). The molecule has 0 amide bonds. The van der Waals surface area contributed by atoms with E-state index >= 15 is 0 Å². The Labute approximate surface area is 262 Å². The van der Waals surface area contributed by atoms with Gasteiger partial charge in [-0.25, -0.2) is 27.6 Å². The largest absolute Gasteiger partial charge is 0.363 e. The first-order chi connectivity index (χ1) is 21.0. The highest BCUT2D eigenvalue weighted by atomic mass is 32.2. The van der Waals surface area contributed by atoms with Crippen LogP contribution < -0.4 is 5.14 Å². The predicted molar refractivity (Wildman–Crippen MR) is 169 cm³/mol. The molecule has 5 aromatic rings. The smallest absolute Gasteiger partial charge is 0.240 e. The number of primary sulfonamides is 1. The van der Waals surface area contributed by atoms with Crippen LogP contribution in [-0.4, -0.2) is 33.4 Å². The number of nitrogens with two attached hydrogens (primary N) is 1. The summed E-state index contributed by atoms with van der Waals surface area (Å²) in [5.74, 6) is 6.08. The maximum atomic E-state index is 14.9. The van der Waals surface area contributed by atoms with E-state index in [-0.39, 0.29) is 12.1 Å². The highest BCUT2D eigenvalue weighted by molar-refractivity contribution is 7.89. The van der Waals surface area contributed by atoms with Gasteiger partial charge >= 0.3 is 0 Å². The molecule has 4 N–H and O–H groups in total. The number of nitrogens with zero attached hydrogens (tertiary/aromatic N) is 3. The summed E-state index contributed by atoms with van der Waals surface area (Å²) < 4.78 is 40.3. The molecular formula is C32H29FN4O4S3. The minimum Gasteiger partial charge on any atom is -0.363 e. The zero-order valence-electron chi connectivity index (χ0n) is 23.9. The second kappa shape index (κ2) is 12.0. The number of thiazole rings is 1. The number of aromatic nitrogens is 3.